The molecule has 1 amide bonds. The van der Waals surface area contributed by atoms with Crippen LogP contribution < -0.4 is 5.73 Å². The summed E-state index contributed by atoms with van der Waals surface area (Å²) in [7, 11) is 1.99. The largest absolute Gasteiger partial charge is 0.478 e. The van der Waals surface area contributed by atoms with Crippen molar-refractivity contribution in [3.05, 3.63) is 59.7 Å². The minimum Gasteiger partial charge on any atom is -0.478 e. The van der Waals surface area contributed by atoms with Crippen LogP contribution in [0.25, 0.3) is 11.1 Å². The fraction of sp³-hybridized carbons (Fsp3) is 0.300. The van der Waals surface area contributed by atoms with E-state index in [1.807, 2.05) is 43.4 Å². The predicted octanol–water partition coefficient (Wildman–Crippen LogP) is 1.65. The fourth-order valence-corrected chi connectivity index (χ4v) is 3.36. The number of hydrogen-bond acceptors (Lipinski definition) is 4. The molecule has 0 bridgehead atoms. The first-order valence-electron chi connectivity index (χ1n) is 8.59. The molecule has 0 radical (unpaired) electrons. The molecular weight excluding hydrogens is 330 g/mol. The van der Waals surface area contributed by atoms with E-state index in [9.17, 15) is 14.7 Å². The van der Waals surface area contributed by atoms with Crippen LogP contribution in [0.1, 0.15) is 15.9 Å². The average molecular weight is 353 g/mol. The van der Waals surface area contributed by atoms with Gasteiger partial charge < -0.3 is 15.7 Å². The van der Waals surface area contributed by atoms with Gasteiger partial charge in [-0.3, -0.25) is 9.69 Å². The van der Waals surface area contributed by atoms with E-state index in [0.29, 0.717) is 18.7 Å². The number of benzene rings is 2. The maximum absolute atomic E-state index is 11.7. The van der Waals surface area contributed by atoms with Gasteiger partial charge in [0.25, 0.3) is 0 Å². The molecule has 0 aliphatic carbocycles. The third-order valence-corrected chi connectivity index (χ3v) is 4.83. The minimum absolute atomic E-state index is 0.285. The van der Waals surface area contributed by atoms with Gasteiger partial charge in [0, 0.05) is 26.2 Å². The van der Waals surface area contributed by atoms with Crippen molar-refractivity contribution in [2.24, 2.45) is 5.73 Å². The lowest BCUT2D eigenvalue weighted by atomic mass is 9.98. The van der Waals surface area contributed by atoms with Crippen LogP contribution in [-0.4, -0.2) is 59.5 Å². The number of amides is 1. The van der Waals surface area contributed by atoms with Crippen LogP contribution in [-0.2, 0) is 11.3 Å². The van der Waals surface area contributed by atoms with Crippen molar-refractivity contribution in [3.8, 4) is 11.1 Å². The zero-order chi connectivity index (χ0) is 18.7. The molecule has 136 valence electrons. The van der Waals surface area contributed by atoms with Gasteiger partial charge in [-0.25, -0.2) is 4.79 Å². The van der Waals surface area contributed by atoms with Crippen molar-refractivity contribution in [1.29, 1.82) is 0 Å². The third-order valence-electron chi connectivity index (χ3n) is 4.83. The van der Waals surface area contributed by atoms with Gasteiger partial charge in [-0.2, -0.15) is 0 Å². The van der Waals surface area contributed by atoms with Crippen LogP contribution in [0.2, 0.25) is 0 Å². The molecule has 1 saturated heterocycles. The summed E-state index contributed by atoms with van der Waals surface area (Å²) in [6, 6.07) is 14.5. The first-order chi connectivity index (χ1) is 12.5. The highest BCUT2D eigenvalue weighted by atomic mass is 16.4. The van der Waals surface area contributed by atoms with E-state index in [4.69, 9.17) is 5.73 Å². The number of rotatable bonds is 5. The van der Waals surface area contributed by atoms with Gasteiger partial charge in [-0.1, -0.05) is 42.5 Å². The summed E-state index contributed by atoms with van der Waals surface area (Å²) in [6.45, 7) is 2.96. The Morgan fingerprint density at radius 2 is 1.81 bits per heavy atom. The normalized spacial score (nSPS) is 18.6. The van der Waals surface area contributed by atoms with Crippen molar-refractivity contribution in [1.82, 2.24) is 9.80 Å². The average Bonchev–Trinajstić information content (AvgIpc) is 2.63. The molecule has 0 unspecified atom stereocenters. The molecule has 1 aliphatic rings. The number of carboxylic acids is 1. The second-order valence-corrected chi connectivity index (χ2v) is 6.70. The molecular formula is C20H23N3O3. The summed E-state index contributed by atoms with van der Waals surface area (Å²) in [4.78, 5) is 27.3. The third kappa shape index (κ3) is 3.92. The highest BCUT2D eigenvalue weighted by Crippen LogP contribution is 2.25. The lowest BCUT2D eigenvalue weighted by Crippen LogP contribution is -2.56. The summed E-state index contributed by atoms with van der Waals surface area (Å²) in [5.74, 6) is -1.24. The number of aromatic carboxylic acids is 1. The van der Waals surface area contributed by atoms with Gasteiger partial charge >= 0.3 is 5.97 Å². The molecule has 3 rings (SSSR count). The molecule has 6 nitrogen and oxygen atoms in total. The van der Waals surface area contributed by atoms with E-state index in [2.05, 4.69) is 9.80 Å². The Kier molecular flexibility index (Phi) is 5.35. The van der Waals surface area contributed by atoms with Crippen LogP contribution in [0.3, 0.4) is 0 Å². The number of carbonyl (C=O) groups is 2. The monoisotopic (exact) mass is 353 g/mol. The number of nitrogens with zero attached hydrogens (tertiary/aromatic N) is 2. The van der Waals surface area contributed by atoms with E-state index >= 15 is 0 Å². The highest BCUT2D eigenvalue weighted by molar-refractivity contribution is 5.96. The maximum atomic E-state index is 11.7. The number of carbonyl (C=O) groups excluding carboxylic acids is 1. The second kappa shape index (κ2) is 7.68. The SMILES string of the molecule is CN1CCN(Cc2ccc(-c3ccccc3C(=O)O)cc2)[C@H](C(N)=O)C1. The van der Waals surface area contributed by atoms with Crippen LogP contribution >= 0.6 is 0 Å². The molecule has 2 aromatic carbocycles. The molecule has 3 N–H and O–H groups in total. The van der Waals surface area contributed by atoms with Gasteiger partial charge in [-0.15, -0.1) is 0 Å². The van der Waals surface area contributed by atoms with Gasteiger partial charge in [0.1, 0.15) is 6.04 Å². The number of carboxylic acid groups (broad SMARTS) is 1. The summed E-state index contributed by atoms with van der Waals surface area (Å²) < 4.78 is 0. The van der Waals surface area contributed by atoms with Crippen molar-refractivity contribution < 1.29 is 14.7 Å². The van der Waals surface area contributed by atoms with Crippen molar-refractivity contribution in [2.75, 3.05) is 26.7 Å². The van der Waals surface area contributed by atoms with Gasteiger partial charge in [-0.05, 0) is 29.8 Å². The number of piperazine rings is 1. The number of nitrogens with two attached hydrogens (primary N) is 1. The van der Waals surface area contributed by atoms with Crippen LogP contribution in [0.4, 0.5) is 0 Å². The summed E-state index contributed by atoms with van der Waals surface area (Å²) in [5.41, 5.74) is 8.46. The first-order valence-corrected chi connectivity index (χ1v) is 8.59. The van der Waals surface area contributed by atoms with E-state index < -0.39 is 5.97 Å². The maximum Gasteiger partial charge on any atom is 0.336 e. The standard InChI is InChI=1S/C20H23N3O3/c1-22-10-11-23(18(13-22)19(21)24)12-14-6-8-15(9-7-14)16-4-2-3-5-17(16)20(25)26/h2-9,18H,10-13H2,1H3,(H2,21,24)(H,25,26)/t18-/m0/s1. The molecule has 1 fully saturated rings. The van der Waals surface area contributed by atoms with E-state index in [-0.39, 0.29) is 17.5 Å². The molecule has 0 saturated carbocycles. The van der Waals surface area contributed by atoms with Gasteiger partial charge in [0.2, 0.25) is 5.91 Å². The first kappa shape index (κ1) is 18.1. The van der Waals surface area contributed by atoms with Crippen molar-refractivity contribution in [2.45, 2.75) is 12.6 Å². The molecule has 0 spiro atoms. The Hall–Kier alpha value is -2.70. The molecule has 2 aromatic rings. The van der Waals surface area contributed by atoms with Crippen molar-refractivity contribution in [3.63, 3.8) is 0 Å². The Bertz CT molecular complexity index is 804. The van der Waals surface area contributed by atoms with E-state index in [1.54, 1.807) is 12.1 Å². The summed E-state index contributed by atoms with van der Waals surface area (Å²) >= 11 is 0. The number of primary amides is 1. The highest BCUT2D eigenvalue weighted by Gasteiger charge is 2.29. The van der Waals surface area contributed by atoms with Crippen LogP contribution in [0.15, 0.2) is 48.5 Å². The Balaban J connectivity index is 1.78. The number of hydrogen-bond donors (Lipinski definition) is 2. The quantitative estimate of drug-likeness (QED) is 0.854. The smallest absolute Gasteiger partial charge is 0.336 e. The summed E-state index contributed by atoms with van der Waals surface area (Å²) in [5, 5.41) is 9.35. The van der Waals surface area contributed by atoms with Gasteiger partial charge in [0.15, 0.2) is 0 Å². The fourth-order valence-electron chi connectivity index (χ4n) is 3.36. The Morgan fingerprint density at radius 1 is 1.12 bits per heavy atom. The Morgan fingerprint density at radius 3 is 2.46 bits per heavy atom. The van der Waals surface area contributed by atoms with Crippen LogP contribution in [0.5, 0.6) is 0 Å². The molecule has 26 heavy (non-hydrogen) atoms. The zero-order valence-electron chi connectivity index (χ0n) is 14.8. The van der Waals surface area contributed by atoms with E-state index in [1.165, 1.54) is 0 Å². The predicted molar refractivity (Wildman–Crippen MR) is 99.7 cm³/mol. The molecule has 6 heteroatoms. The topological polar surface area (TPSA) is 86.9 Å². The summed E-state index contributed by atoms with van der Waals surface area (Å²) in [6.07, 6.45) is 0. The zero-order valence-corrected chi connectivity index (χ0v) is 14.8. The second-order valence-electron chi connectivity index (χ2n) is 6.70. The lowest BCUT2D eigenvalue weighted by Gasteiger charge is -2.38. The van der Waals surface area contributed by atoms with Crippen LogP contribution in [0, 0.1) is 0 Å². The molecule has 1 aliphatic heterocycles. The minimum atomic E-state index is -0.939. The Labute approximate surface area is 152 Å². The number of likely N-dealkylation sites (N-methyl/N-ethyl adjacent to an activating group) is 1. The van der Waals surface area contributed by atoms with Crippen molar-refractivity contribution >= 4 is 11.9 Å². The lowest BCUT2D eigenvalue weighted by molar-refractivity contribution is -0.125. The van der Waals surface area contributed by atoms with E-state index in [0.717, 1.165) is 24.2 Å². The van der Waals surface area contributed by atoms with Gasteiger partial charge in [0.05, 0.1) is 5.56 Å². The molecule has 0 aromatic heterocycles. The molecule has 1 atom stereocenters. The molecule has 1 heterocycles.